The molecule has 21 heavy (non-hydrogen) atoms. The molecule has 0 saturated carbocycles. The number of carbonyl (C=O) groups excluding carboxylic acids is 1. The van der Waals surface area contributed by atoms with Gasteiger partial charge >= 0.3 is 12.0 Å². The van der Waals surface area contributed by atoms with E-state index in [1.54, 1.807) is 4.90 Å². The van der Waals surface area contributed by atoms with Gasteiger partial charge in [0.1, 0.15) is 6.04 Å². The second-order valence-corrected chi connectivity index (χ2v) is 4.96. The summed E-state index contributed by atoms with van der Waals surface area (Å²) in [6, 6.07) is 8.43. The lowest BCUT2D eigenvalue weighted by Gasteiger charge is -2.28. The Morgan fingerprint density at radius 2 is 1.90 bits per heavy atom. The molecule has 1 aromatic rings. The molecule has 0 radical (unpaired) electrons. The van der Waals surface area contributed by atoms with Gasteiger partial charge in [0.2, 0.25) is 0 Å². The highest BCUT2D eigenvalue weighted by molar-refractivity contribution is 5.82. The van der Waals surface area contributed by atoms with Crippen LogP contribution in [0.5, 0.6) is 0 Å². The van der Waals surface area contributed by atoms with Crippen LogP contribution in [-0.4, -0.2) is 54.4 Å². The Bertz CT molecular complexity index is 472. The fourth-order valence-electron chi connectivity index (χ4n) is 2.22. The maximum atomic E-state index is 12.0. The number of carboxylic acid groups (broad SMARTS) is 1. The molecule has 1 aromatic carbocycles. The normalized spacial score (nSPS) is 16.3. The van der Waals surface area contributed by atoms with Gasteiger partial charge in [0.25, 0.3) is 0 Å². The zero-order valence-electron chi connectivity index (χ0n) is 11.8. The fourth-order valence-corrected chi connectivity index (χ4v) is 2.22. The lowest BCUT2D eigenvalue weighted by Crippen LogP contribution is -2.51. The van der Waals surface area contributed by atoms with Gasteiger partial charge in [-0.2, -0.15) is 0 Å². The van der Waals surface area contributed by atoms with Gasteiger partial charge in [-0.25, -0.2) is 9.59 Å². The molecule has 0 spiro atoms. The number of aliphatic carboxylic acids is 1. The number of carboxylic acids is 1. The van der Waals surface area contributed by atoms with E-state index in [2.05, 4.69) is 5.32 Å². The zero-order valence-corrected chi connectivity index (χ0v) is 11.8. The summed E-state index contributed by atoms with van der Waals surface area (Å²) in [5.74, 6) is -1.01. The minimum Gasteiger partial charge on any atom is -0.480 e. The van der Waals surface area contributed by atoms with E-state index in [4.69, 9.17) is 4.74 Å². The molecule has 1 heterocycles. The van der Waals surface area contributed by atoms with Gasteiger partial charge in [0.15, 0.2) is 0 Å². The van der Waals surface area contributed by atoms with Crippen molar-refractivity contribution in [3.8, 4) is 0 Å². The molecule has 1 aliphatic rings. The highest BCUT2D eigenvalue weighted by atomic mass is 16.5. The van der Waals surface area contributed by atoms with Crippen LogP contribution in [0.3, 0.4) is 0 Å². The topological polar surface area (TPSA) is 78.9 Å². The Balaban J connectivity index is 1.86. The van der Waals surface area contributed by atoms with Crippen molar-refractivity contribution in [3.63, 3.8) is 0 Å². The van der Waals surface area contributed by atoms with Crippen molar-refractivity contribution in [2.24, 2.45) is 0 Å². The first-order valence-electron chi connectivity index (χ1n) is 7.07. The lowest BCUT2D eigenvalue weighted by molar-refractivity contribution is -0.139. The summed E-state index contributed by atoms with van der Waals surface area (Å²) in [4.78, 5) is 24.9. The smallest absolute Gasteiger partial charge is 0.326 e. The largest absolute Gasteiger partial charge is 0.480 e. The Morgan fingerprint density at radius 3 is 2.52 bits per heavy atom. The number of ether oxygens (including phenoxy) is 1. The van der Waals surface area contributed by atoms with Crippen LogP contribution in [0, 0.1) is 0 Å². The third-order valence-corrected chi connectivity index (χ3v) is 3.46. The third-order valence-electron chi connectivity index (χ3n) is 3.46. The summed E-state index contributed by atoms with van der Waals surface area (Å²) in [6.07, 6.45) is 0.983. The molecule has 0 aromatic heterocycles. The highest BCUT2D eigenvalue weighted by Gasteiger charge is 2.24. The first-order valence-corrected chi connectivity index (χ1v) is 7.07. The second kappa shape index (κ2) is 7.64. The Labute approximate surface area is 123 Å². The summed E-state index contributed by atoms with van der Waals surface area (Å²) >= 11 is 0. The maximum Gasteiger partial charge on any atom is 0.326 e. The molecule has 6 nitrogen and oxygen atoms in total. The number of hydrogen-bond donors (Lipinski definition) is 2. The number of hydrogen-bond acceptors (Lipinski definition) is 3. The van der Waals surface area contributed by atoms with Crippen LogP contribution >= 0.6 is 0 Å². The van der Waals surface area contributed by atoms with E-state index in [9.17, 15) is 14.7 Å². The number of rotatable bonds is 5. The van der Waals surface area contributed by atoms with E-state index in [0.29, 0.717) is 39.1 Å². The van der Waals surface area contributed by atoms with Crippen LogP contribution in [-0.2, 0) is 16.0 Å². The molecule has 6 heteroatoms. The number of amides is 2. The molecule has 0 bridgehead atoms. The number of nitrogens with one attached hydrogen (secondary N) is 1. The van der Waals surface area contributed by atoms with E-state index in [0.717, 1.165) is 5.56 Å². The van der Waals surface area contributed by atoms with E-state index >= 15 is 0 Å². The molecule has 1 aliphatic heterocycles. The molecule has 2 amide bonds. The molecule has 114 valence electrons. The average Bonchev–Trinajstić information content (AvgIpc) is 2.52. The van der Waals surface area contributed by atoms with Crippen molar-refractivity contribution in [1.29, 1.82) is 0 Å². The lowest BCUT2D eigenvalue weighted by atomic mass is 10.1. The van der Waals surface area contributed by atoms with Gasteiger partial charge in [-0.05, 0) is 18.4 Å². The Kier molecular flexibility index (Phi) is 5.57. The molecule has 0 aliphatic carbocycles. The van der Waals surface area contributed by atoms with Gasteiger partial charge in [-0.15, -0.1) is 0 Å². The van der Waals surface area contributed by atoms with Gasteiger partial charge in [-0.1, -0.05) is 30.3 Å². The molecule has 2 rings (SSSR count). The first kappa shape index (κ1) is 15.3. The number of urea groups is 1. The van der Waals surface area contributed by atoms with Gasteiger partial charge in [-0.3, -0.25) is 0 Å². The molecule has 1 fully saturated rings. The number of benzene rings is 1. The highest BCUT2D eigenvalue weighted by Crippen LogP contribution is 2.06. The quantitative estimate of drug-likeness (QED) is 0.852. The minimum absolute atomic E-state index is 0.334. The Morgan fingerprint density at radius 1 is 1.24 bits per heavy atom. The fraction of sp³-hybridized carbons (Fsp3) is 0.467. The van der Waals surface area contributed by atoms with Crippen molar-refractivity contribution in [3.05, 3.63) is 35.9 Å². The molecule has 1 atom stereocenters. The van der Waals surface area contributed by atoms with Crippen LogP contribution in [0.15, 0.2) is 30.3 Å². The van der Waals surface area contributed by atoms with Gasteiger partial charge in [0.05, 0.1) is 13.2 Å². The summed E-state index contributed by atoms with van der Waals surface area (Å²) in [5.41, 5.74) is 1.06. The number of carbonyl (C=O) groups is 2. The van der Waals surface area contributed by atoms with Crippen LogP contribution in [0.1, 0.15) is 12.0 Å². The molecule has 2 N–H and O–H groups in total. The van der Waals surface area contributed by atoms with Crippen LogP contribution in [0.25, 0.3) is 0 Å². The minimum atomic E-state index is -1.01. The maximum absolute atomic E-state index is 12.0. The number of nitrogens with zero attached hydrogens (tertiary/aromatic N) is 1. The van der Waals surface area contributed by atoms with E-state index in [1.807, 2.05) is 30.3 Å². The average molecular weight is 292 g/mol. The summed E-state index contributed by atoms with van der Waals surface area (Å²) in [7, 11) is 0. The summed E-state index contributed by atoms with van der Waals surface area (Å²) in [6.45, 7) is 1.98. The zero-order chi connectivity index (χ0) is 15.1. The number of morpholine rings is 1. The standard InChI is InChI=1S/C15H20N2O4/c18-14(19)13(7-6-12-4-2-1-3-5-12)16-15(20)17-8-10-21-11-9-17/h1-5,13H,6-11H2,(H,16,20)(H,18,19). The van der Waals surface area contributed by atoms with Crippen molar-refractivity contribution in [2.45, 2.75) is 18.9 Å². The van der Waals surface area contributed by atoms with Crippen molar-refractivity contribution in [2.75, 3.05) is 26.3 Å². The third kappa shape index (κ3) is 4.75. The van der Waals surface area contributed by atoms with Gasteiger partial charge in [0, 0.05) is 13.1 Å². The summed E-state index contributed by atoms with van der Waals surface area (Å²) < 4.78 is 5.17. The predicted molar refractivity (Wildman–Crippen MR) is 77.1 cm³/mol. The van der Waals surface area contributed by atoms with E-state index in [1.165, 1.54) is 0 Å². The Hall–Kier alpha value is -2.08. The van der Waals surface area contributed by atoms with E-state index in [-0.39, 0.29) is 6.03 Å². The van der Waals surface area contributed by atoms with Crippen molar-refractivity contribution >= 4 is 12.0 Å². The first-order chi connectivity index (χ1) is 10.2. The molecule has 1 unspecified atom stereocenters. The van der Waals surface area contributed by atoms with Crippen LogP contribution in [0.2, 0.25) is 0 Å². The monoisotopic (exact) mass is 292 g/mol. The van der Waals surface area contributed by atoms with E-state index < -0.39 is 12.0 Å². The van der Waals surface area contributed by atoms with Crippen LogP contribution < -0.4 is 5.32 Å². The number of aryl methyl sites for hydroxylation is 1. The van der Waals surface area contributed by atoms with Crippen molar-refractivity contribution < 1.29 is 19.4 Å². The van der Waals surface area contributed by atoms with Crippen molar-refractivity contribution in [1.82, 2.24) is 10.2 Å². The van der Waals surface area contributed by atoms with Gasteiger partial charge < -0.3 is 20.1 Å². The predicted octanol–water partition coefficient (Wildman–Crippen LogP) is 1.11. The molecular weight excluding hydrogens is 272 g/mol. The SMILES string of the molecule is O=C(O)C(CCc1ccccc1)NC(=O)N1CCOCC1. The molecular formula is C15H20N2O4. The molecule has 1 saturated heterocycles. The summed E-state index contributed by atoms with van der Waals surface area (Å²) in [5, 5.41) is 11.8. The van der Waals surface area contributed by atoms with Crippen LogP contribution in [0.4, 0.5) is 4.79 Å². The second-order valence-electron chi connectivity index (χ2n) is 4.96.